The van der Waals surface area contributed by atoms with E-state index in [1.54, 1.807) is 12.1 Å². The van der Waals surface area contributed by atoms with Gasteiger partial charge in [-0.05, 0) is 5.56 Å². The number of non-ortho nitro benzene ring substituents is 1. The molecule has 3 N–H and O–H groups in total. The van der Waals surface area contributed by atoms with Gasteiger partial charge in [0.2, 0.25) is 11.8 Å². The van der Waals surface area contributed by atoms with Gasteiger partial charge in [-0.1, -0.05) is 12.1 Å². The minimum atomic E-state index is -0.889. The average Bonchev–Trinajstić information content (AvgIpc) is 3.47. The lowest BCUT2D eigenvalue weighted by molar-refractivity contribution is -0.384. The molecule has 37 heavy (non-hydrogen) atoms. The fourth-order valence-corrected chi connectivity index (χ4v) is 3.67. The second-order valence-electron chi connectivity index (χ2n) is 7.98. The maximum absolute atomic E-state index is 12.1. The number of nitro groups is 1. The summed E-state index contributed by atoms with van der Waals surface area (Å²) in [6.45, 7) is -0.344. The van der Waals surface area contributed by atoms with Gasteiger partial charge in [-0.15, -0.1) is 0 Å². The van der Waals surface area contributed by atoms with Crippen molar-refractivity contribution in [1.82, 2.24) is 19.5 Å². The lowest BCUT2D eigenvalue weighted by Crippen LogP contribution is -2.24. The molecule has 3 atom stereocenters. The number of anilines is 1. The first-order chi connectivity index (χ1) is 17.9. The second kappa shape index (κ2) is 11.6. The minimum absolute atomic E-state index is 0.0183. The van der Waals surface area contributed by atoms with Crippen molar-refractivity contribution in [3.63, 3.8) is 0 Å². The van der Waals surface area contributed by atoms with Crippen molar-refractivity contribution in [3.05, 3.63) is 46.3 Å². The number of nitrogens with zero attached hydrogens (tertiary/aromatic N) is 6. The van der Waals surface area contributed by atoms with E-state index in [-0.39, 0.29) is 61.3 Å². The van der Waals surface area contributed by atoms with E-state index in [0.717, 1.165) is 5.56 Å². The number of benzene rings is 1. The summed E-state index contributed by atoms with van der Waals surface area (Å²) in [6, 6.07) is 7.90. The molecule has 1 aromatic carbocycles. The van der Waals surface area contributed by atoms with Crippen molar-refractivity contribution in [2.24, 2.45) is 0 Å². The number of aliphatic hydroxyl groups excluding tert-OH is 2. The number of nitriles is 1. The number of rotatable bonds is 10. The molecular formula is C22H23N7O8. The number of aliphatic hydroxyl groups is 2. The molecule has 194 valence electrons. The summed E-state index contributed by atoms with van der Waals surface area (Å²) >= 11 is 0. The molecule has 0 radical (unpaired) electrons. The van der Waals surface area contributed by atoms with E-state index in [1.807, 2.05) is 6.07 Å². The Morgan fingerprint density at radius 1 is 1.32 bits per heavy atom. The third-order valence-electron chi connectivity index (χ3n) is 5.52. The molecule has 0 spiro atoms. The van der Waals surface area contributed by atoms with Crippen LogP contribution in [0.15, 0.2) is 30.6 Å². The Morgan fingerprint density at radius 3 is 2.78 bits per heavy atom. The highest BCUT2D eigenvalue weighted by atomic mass is 16.6. The van der Waals surface area contributed by atoms with E-state index in [4.69, 9.17) is 19.5 Å². The fourth-order valence-electron chi connectivity index (χ4n) is 3.67. The highest BCUT2D eigenvalue weighted by Crippen LogP contribution is 2.33. The van der Waals surface area contributed by atoms with Crippen LogP contribution in [-0.4, -0.2) is 72.8 Å². The van der Waals surface area contributed by atoms with Crippen molar-refractivity contribution in [1.29, 1.82) is 5.26 Å². The summed E-state index contributed by atoms with van der Waals surface area (Å²) in [5.74, 6) is -0.103. The summed E-state index contributed by atoms with van der Waals surface area (Å²) in [7, 11) is 0. The Balaban J connectivity index is 1.56. The molecule has 4 rings (SSSR count). The highest BCUT2D eigenvalue weighted by Gasteiger charge is 2.35. The van der Waals surface area contributed by atoms with Crippen LogP contribution in [0.4, 0.5) is 16.4 Å². The first-order valence-corrected chi connectivity index (χ1v) is 11.3. The van der Waals surface area contributed by atoms with E-state index in [9.17, 15) is 25.1 Å². The number of fused-ring (bicyclic) bond motifs is 1. The number of aromatic nitrogens is 4. The second-order valence-corrected chi connectivity index (χ2v) is 7.98. The molecule has 1 amide bonds. The number of hydrogen-bond donors (Lipinski definition) is 3. The number of nitrogens with one attached hydrogen (secondary N) is 1. The van der Waals surface area contributed by atoms with Gasteiger partial charge in [-0.2, -0.15) is 15.2 Å². The number of hydrogen-bond acceptors (Lipinski definition) is 12. The van der Waals surface area contributed by atoms with E-state index in [2.05, 4.69) is 20.3 Å². The zero-order valence-electron chi connectivity index (χ0n) is 19.4. The van der Waals surface area contributed by atoms with Crippen molar-refractivity contribution in [2.75, 3.05) is 25.1 Å². The summed E-state index contributed by atoms with van der Waals surface area (Å²) in [6.07, 6.45) is -1.19. The minimum Gasteiger partial charge on any atom is -0.476 e. The zero-order chi connectivity index (χ0) is 26.4. The molecule has 15 nitrogen and oxygen atoms in total. The maximum atomic E-state index is 12.1. The Labute approximate surface area is 209 Å². The van der Waals surface area contributed by atoms with Crippen LogP contribution in [-0.2, 0) is 15.9 Å². The number of amides is 1. The largest absolute Gasteiger partial charge is 0.476 e. The van der Waals surface area contributed by atoms with Gasteiger partial charge in [0.1, 0.15) is 18.9 Å². The van der Waals surface area contributed by atoms with Crippen LogP contribution in [0.2, 0.25) is 0 Å². The lowest BCUT2D eigenvalue weighted by atomic mass is 10.1. The Kier molecular flexibility index (Phi) is 8.03. The van der Waals surface area contributed by atoms with Crippen LogP contribution >= 0.6 is 0 Å². The first kappa shape index (κ1) is 25.7. The lowest BCUT2D eigenvalue weighted by Gasteiger charge is -2.14. The van der Waals surface area contributed by atoms with Gasteiger partial charge in [0.25, 0.3) is 5.69 Å². The first-order valence-electron chi connectivity index (χ1n) is 11.3. The van der Waals surface area contributed by atoms with Gasteiger partial charge in [0.05, 0.1) is 43.1 Å². The third-order valence-corrected chi connectivity index (χ3v) is 5.52. The predicted molar refractivity (Wildman–Crippen MR) is 124 cm³/mol. The van der Waals surface area contributed by atoms with Crippen LogP contribution < -0.4 is 10.1 Å². The Bertz CT molecular complexity index is 1310. The summed E-state index contributed by atoms with van der Waals surface area (Å²) < 4.78 is 18.0. The summed E-state index contributed by atoms with van der Waals surface area (Å²) in [5, 5.41) is 41.4. The predicted octanol–water partition coefficient (Wildman–Crippen LogP) is 1.46. The van der Waals surface area contributed by atoms with E-state index >= 15 is 0 Å². The van der Waals surface area contributed by atoms with Gasteiger partial charge >= 0.3 is 6.09 Å². The number of ether oxygens (including phenoxy) is 3. The van der Waals surface area contributed by atoms with Gasteiger partial charge in [0.15, 0.2) is 11.2 Å². The maximum Gasteiger partial charge on any atom is 0.414 e. The van der Waals surface area contributed by atoms with Gasteiger partial charge in [0, 0.05) is 25.0 Å². The van der Waals surface area contributed by atoms with Gasteiger partial charge in [-0.25, -0.2) is 9.78 Å². The summed E-state index contributed by atoms with van der Waals surface area (Å²) in [4.78, 5) is 35.3. The molecule has 1 aliphatic rings. The van der Waals surface area contributed by atoms with Crippen molar-refractivity contribution < 1.29 is 34.1 Å². The monoisotopic (exact) mass is 513 g/mol. The van der Waals surface area contributed by atoms with E-state index in [1.165, 1.54) is 23.0 Å². The molecule has 2 aromatic heterocycles. The normalized spacial score (nSPS) is 18.9. The Hall–Kier alpha value is -4.39. The third kappa shape index (κ3) is 6.06. The SMILES string of the molecule is N#CCCOC(=O)Nc1nc(OCCc2ccc([N+](=O)[O-])cc2)c2ncn([C@H]3C[C@H](O)[C@@H](CO)O3)c2n1. The average molecular weight is 513 g/mol. The van der Waals surface area contributed by atoms with Crippen LogP contribution in [0, 0.1) is 21.4 Å². The van der Waals surface area contributed by atoms with Crippen LogP contribution in [0.3, 0.4) is 0 Å². The Morgan fingerprint density at radius 2 is 2.11 bits per heavy atom. The smallest absolute Gasteiger partial charge is 0.414 e. The molecule has 3 heterocycles. The molecule has 0 aliphatic carbocycles. The molecule has 1 fully saturated rings. The molecule has 1 saturated heterocycles. The van der Waals surface area contributed by atoms with Gasteiger partial charge in [-0.3, -0.25) is 20.0 Å². The summed E-state index contributed by atoms with van der Waals surface area (Å²) in [5.41, 5.74) is 1.28. The van der Waals surface area contributed by atoms with Crippen molar-refractivity contribution in [2.45, 2.75) is 37.7 Å². The van der Waals surface area contributed by atoms with Crippen LogP contribution in [0.5, 0.6) is 5.88 Å². The zero-order valence-corrected chi connectivity index (χ0v) is 19.4. The number of carbonyl (C=O) groups excluding carboxylic acids is 1. The number of carbonyl (C=O) groups is 1. The van der Waals surface area contributed by atoms with Crippen molar-refractivity contribution >= 4 is 28.9 Å². The molecule has 0 unspecified atom stereocenters. The number of imidazole rings is 1. The molecular weight excluding hydrogens is 490 g/mol. The molecule has 0 bridgehead atoms. The van der Waals surface area contributed by atoms with Crippen LogP contribution in [0.25, 0.3) is 11.2 Å². The fraction of sp³-hybridized carbons (Fsp3) is 0.409. The van der Waals surface area contributed by atoms with E-state index in [0.29, 0.717) is 6.42 Å². The topological polar surface area (TPSA) is 208 Å². The molecule has 3 aromatic rings. The highest BCUT2D eigenvalue weighted by molar-refractivity contribution is 5.85. The van der Waals surface area contributed by atoms with E-state index < -0.39 is 29.5 Å². The van der Waals surface area contributed by atoms with Crippen molar-refractivity contribution in [3.8, 4) is 11.9 Å². The molecule has 15 heteroatoms. The quantitative estimate of drug-likeness (QED) is 0.200. The molecule has 0 saturated carbocycles. The number of nitro benzene ring substituents is 1. The van der Waals surface area contributed by atoms with Gasteiger partial charge < -0.3 is 24.4 Å². The molecule has 1 aliphatic heterocycles. The van der Waals surface area contributed by atoms with Crippen LogP contribution in [0.1, 0.15) is 24.6 Å². The standard InChI is InChI=1S/C22H23N7O8/c23-7-1-8-36-22(32)27-21-25-19-18(24-12-28(19)17-10-15(31)16(11-30)37-17)20(26-21)35-9-6-13-2-4-14(5-3-13)29(33)34/h2-5,12,15-17,30-31H,1,6,8-11H2,(H,25,26,27,32)/t15-,16+,17+/m0/s1.